The fraction of sp³-hybridized carbons (Fsp3) is 0.500. The Morgan fingerprint density at radius 1 is 1.75 bits per heavy atom. The fourth-order valence-corrected chi connectivity index (χ4v) is 2.13. The normalized spacial score (nSPS) is 35.7. The van der Waals surface area contributed by atoms with E-state index in [0.29, 0.717) is 6.42 Å². The molecule has 16 heavy (non-hydrogen) atoms. The monoisotopic (exact) mass is 222 g/mol. The van der Waals surface area contributed by atoms with Crippen molar-refractivity contribution in [2.24, 2.45) is 11.3 Å². The molecule has 0 N–H and O–H groups in total. The van der Waals surface area contributed by atoms with Gasteiger partial charge in [-0.1, -0.05) is 18.7 Å². The Balaban J connectivity index is 2.15. The Bertz CT molecular complexity index is 371. The van der Waals surface area contributed by atoms with E-state index in [1.165, 1.54) is 6.08 Å². The second-order valence-corrected chi connectivity index (χ2v) is 4.36. The minimum absolute atomic E-state index is 0.184. The van der Waals surface area contributed by atoms with Crippen LogP contribution < -0.4 is 0 Å². The first kappa shape index (κ1) is 10.9. The van der Waals surface area contributed by atoms with Crippen molar-refractivity contribution in [1.82, 2.24) is 0 Å². The standard InChI is InChI=1S/C12H14O4/c1-3-6-15-11(14)12(2)7-8-4-5-9(12)16-10(8)13/h3-5,8-9H,1,6-7H2,2H3/t8-,9+,12+/m1/s1. The van der Waals surface area contributed by atoms with Crippen molar-refractivity contribution in [3.05, 3.63) is 24.8 Å². The van der Waals surface area contributed by atoms with Gasteiger partial charge in [0.15, 0.2) is 0 Å². The molecular weight excluding hydrogens is 208 g/mol. The highest BCUT2D eigenvalue weighted by atomic mass is 16.6. The van der Waals surface area contributed by atoms with Gasteiger partial charge < -0.3 is 9.47 Å². The smallest absolute Gasteiger partial charge is 0.316 e. The van der Waals surface area contributed by atoms with Gasteiger partial charge in [-0.3, -0.25) is 9.59 Å². The van der Waals surface area contributed by atoms with Crippen molar-refractivity contribution in [3.8, 4) is 0 Å². The maximum atomic E-state index is 11.9. The van der Waals surface area contributed by atoms with Crippen LogP contribution in [0.2, 0.25) is 0 Å². The average Bonchev–Trinajstić information content (AvgIpc) is 2.28. The quantitative estimate of drug-likeness (QED) is 0.532. The maximum Gasteiger partial charge on any atom is 0.316 e. The molecule has 2 bridgehead atoms. The first-order valence-corrected chi connectivity index (χ1v) is 5.25. The highest BCUT2D eigenvalue weighted by Crippen LogP contribution is 2.43. The van der Waals surface area contributed by atoms with Crippen molar-refractivity contribution in [3.63, 3.8) is 0 Å². The minimum atomic E-state index is -0.754. The first-order valence-electron chi connectivity index (χ1n) is 5.25. The SMILES string of the molecule is C=CCOC(=O)[C@@]1(C)C[C@H]2C=C[C@@H]1OC2=O. The molecule has 4 heteroatoms. The predicted molar refractivity (Wildman–Crippen MR) is 56.4 cm³/mol. The molecule has 0 aromatic heterocycles. The molecule has 0 saturated carbocycles. The van der Waals surface area contributed by atoms with Gasteiger partial charge in [-0.25, -0.2) is 0 Å². The van der Waals surface area contributed by atoms with E-state index in [4.69, 9.17) is 9.47 Å². The van der Waals surface area contributed by atoms with Crippen LogP contribution in [0, 0.1) is 11.3 Å². The average molecular weight is 222 g/mol. The number of carbonyl (C=O) groups excluding carboxylic acids is 2. The van der Waals surface area contributed by atoms with Gasteiger partial charge in [0.25, 0.3) is 0 Å². The van der Waals surface area contributed by atoms with E-state index in [0.717, 1.165) is 0 Å². The van der Waals surface area contributed by atoms with Gasteiger partial charge in [0.05, 0.1) is 5.92 Å². The zero-order chi connectivity index (χ0) is 11.8. The van der Waals surface area contributed by atoms with Crippen LogP contribution in [-0.2, 0) is 19.1 Å². The number of esters is 2. The summed E-state index contributed by atoms with van der Waals surface area (Å²) in [6.07, 6.45) is 5.05. The molecule has 2 aliphatic heterocycles. The molecule has 4 nitrogen and oxygen atoms in total. The Morgan fingerprint density at radius 3 is 3.00 bits per heavy atom. The van der Waals surface area contributed by atoms with E-state index in [9.17, 15) is 9.59 Å². The maximum absolute atomic E-state index is 11.9. The molecule has 3 atom stereocenters. The summed E-state index contributed by atoms with van der Waals surface area (Å²) in [6.45, 7) is 5.44. The van der Waals surface area contributed by atoms with Crippen molar-refractivity contribution >= 4 is 11.9 Å². The van der Waals surface area contributed by atoms with E-state index < -0.39 is 11.5 Å². The summed E-state index contributed by atoms with van der Waals surface area (Å²) in [5.74, 6) is -0.896. The van der Waals surface area contributed by atoms with Crippen LogP contribution in [0.5, 0.6) is 0 Å². The van der Waals surface area contributed by atoms with Crippen LogP contribution in [0.1, 0.15) is 13.3 Å². The van der Waals surface area contributed by atoms with Crippen LogP contribution >= 0.6 is 0 Å². The zero-order valence-electron chi connectivity index (χ0n) is 9.14. The first-order chi connectivity index (χ1) is 7.58. The molecule has 1 aliphatic carbocycles. The molecular formula is C12H14O4. The van der Waals surface area contributed by atoms with Gasteiger partial charge >= 0.3 is 11.9 Å². The number of rotatable bonds is 3. The Labute approximate surface area is 93.9 Å². The number of hydrogen-bond donors (Lipinski definition) is 0. The summed E-state index contributed by atoms with van der Waals surface area (Å²) in [5, 5.41) is 0. The van der Waals surface area contributed by atoms with Gasteiger partial charge in [-0.15, -0.1) is 0 Å². The van der Waals surface area contributed by atoms with Crippen molar-refractivity contribution in [2.45, 2.75) is 19.4 Å². The minimum Gasteiger partial charge on any atom is -0.461 e. The van der Waals surface area contributed by atoms with E-state index in [-0.39, 0.29) is 24.5 Å². The molecule has 0 aromatic carbocycles. The molecule has 0 radical (unpaired) electrons. The number of fused-ring (bicyclic) bond motifs is 2. The van der Waals surface area contributed by atoms with Crippen molar-refractivity contribution in [2.75, 3.05) is 6.61 Å². The van der Waals surface area contributed by atoms with Crippen LogP contribution in [0.25, 0.3) is 0 Å². The second kappa shape index (κ2) is 3.77. The third-order valence-electron chi connectivity index (χ3n) is 3.13. The Kier molecular flexibility index (Phi) is 2.58. The van der Waals surface area contributed by atoms with E-state index in [1.54, 1.807) is 19.1 Å². The lowest BCUT2D eigenvalue weighted by atomic mass is 9.70. The van der Waals surface area contributed by atoms with E-state index in [1.807, 2.05) is 0 Å². The molecule has 1 saturated heterocycles. The fourth-order valence-electron chi connectivity index (χ4n) is 2.13. The summed E-state index contributed by atoms with van der Waals surface area (Å²) in [5.41, 5.74) is -0.754. The van der Waals surface area contributed by atoms with E-state index in [2.05, 4.69) is 6.58 Å². The predicted octanol–water partition coefficient (Wildman–Crippen LogP) is 1.22. The van der Waals surface area contributed by atoms with Crippen LogP contribution in [0.15, 0.2) is 24.8 Å². The third-order valence-corrected chi connectivity index (χ3v) is 3.13. The topological polar surface area (TPSA) is 52.6 Å². The lowest BCUT2D eigenvalue weighted by molar-refractivity contribution is -0.182. The lowest BCUT2D eigenvalue weighted by Crippen LogP contribution is -2.52. The largest absolute Gasteiger partial charge is 0.461 e. The molecule has 0 unspecified atom stereocenters. The Morgan fingerprint density at radius 2 is 2.50 bits per heavy atom. The van der Waals surface area contributed by atoms with E-state index >= 15 is 0 Å². The molecule has 3 aliphatic rings. The lowest BCUT2D eigenvalue weighted by Gasteiger charge is -2.42. The van der Waals surface area contributed by atoms with Gasteiger partial charge in [-0.05, 0) is 19.4 Å². The number of carbonyl (C=O) groups is 2. The second-order valence-electron chi connectivity index (χ2n) is 4.36. The summed E-state index contributed by atoms with van der Waals surface area (Å²) in [4.78, 5) is 23.2. The summed E-state index contributed by atoms with van der Waals surface area (Å²) >= 11 is 0. The Hall–Kier alpha value is -1.58. The van der Waals surface area contributed by atoms with Gasteiger partial charge in [0.1, 0.15) is 18.1 Å². The summed E-state index contributed by atoms with van der Waals surface area (Å²) < 4.78 is 10.2. The molecule has 0 aromatic rings. The molecule has 3 rings (SSSR count). The number of hydrogen-bond acceptors (Lipinski definition) is 4. The highest BCUT2D eigenvalue weighted by Gasteiger charge is 2.53. The van der Waals surface area contributed by atoms with Gasteiger partial charge in [0.2, 0.25) is 0 Å². The molecule has 1 fully saturated rings. The van der Waals surface area contributed by atoms with Crippen molar-refractivity contribution in [1.29, 1.82) is 0 Å². The number of ether oxygens (including phenoxy) is 2. The molecule has 0 spiro atoms. The summed E-state index contributed by atoms with van der Waals surface area (Å²) in [7, 11) is 0. The van der Waals surface area contributed by atoms with Gasteiger partial charge in [-0.2, -0.15) is 0 Å². The molecule has 2 heterocycles. The highest BCUT2D eigenvalue weighted by molar-refractivity contribution is 5.84. The summed E-state index contributed by atoms with van der Waals surface area (Å²) in [6, 6.07) is 0. The zero-order valence-corrected chi connectivity index (χ0v) is 9.14. The van der Waals surface area contributed by atoms with Crippen LogP contribution in [0.4, 0.5) is 0 Å². The molecule has 0 amide bonds. The van der Waals surface area contributed by atoms with Crippen LogP contribution in [0.3, 0.4) is 0 Å². The third kappa shape index (κ3) is 1.54. The van der Waals surface area contributed by atoms with Gasteiger partial charge in [0, 0.05) is 0 Å². The molecule has 86 valence electrons. The van der Waals surface area contributed by atoms with Crippen molar-refractivity contribution < 1.29 is 19.1 Å². The van der Waals surface area contributed by atoms with Crippen LogP contribution in [-0.4, -0.2) is 24.6 Å².